The molecule has 0 fully saturated rings. The lowest BCUT2D eigenvalue weighted by molar-refractivity contribution is -0.138. The van der Waals surface area contributed by atoms with Gasteiger partial charge in [0.05, 0.1) is 7.11 Å². The second-order valence-electron chi connectivity index (χ2n) is 7.35. The first-order chi connectivity index (χ1) is 16.5. The maximum atomic E-state index is 10.5. The maximum Gasteiger partial charge on any atom is 0.320 e. The van der Waals surface area contributed by atoms with Gasteiger partial charge in [0.15, 0.2) is 0 Å². The van der Waals surface area contributed by atoms with E-state index in [0.717, 1.165) is 36.0 Å². The average molecular weight is 466 g/mol. The van der Waals surface area contributed by atoms with E-state index in [-0.39, 0.29) is 0 Å². The van der Waals surface area contributed by atoms with E-state index in [0.29, 0.717) is 25.1 Å². The second kappa shape index (κ2) is 17.0. The summed E-state index contributed by atoms with van der Waals surface area (Å²) in [6.45, 7) is 1.14. The van der Waals surface area contributed by atoms with Crippen molar-refractivity contribution in [1.29, 1.82) is 0 Å². The van der Waals surface area contributed by atoms with Crippen LogP contribution in [0.15, 0.2) is 78.9 Å². The van der Waals surface area contributed by atoms with Crippen molar-refractivity contribution < 1.29 is 19.4 Å². The van der Waals surface area contributed by atoms with Crippen LogP contribution in [-0.4, -0.2) is 37.1 Å². The standard InChI is InChI=1S/C13H10O.C8H11NO.C6H14N2O2/c14-10-11-6-8-13(9-7-11)12-4-2-1-3-5-12;1-10-8-5-3-2-4-7(8)6-9;7-4-2-1-3-5(8)6(9)10/h1-10H;2-5H,6,9H2,1H3;5H,1-4,7-8H2,(H,9,10)/t;;5-/m..1/s1. The van der Waals surface area contributed by atoms with Gasteiger partial charge in [-0.2, -0.15) is 0 Å². The number of rotatable bonds is 9. The topological polar surface area (TPSA) is 142 Å². The van der Waals surface area contributed by atoms with E-state index in [1.54, 1.807) is 7.11 Å². The van der Waals surface area contributed by atoms with Crippen molar-refractivity contribution in [3.63, 3.8) is 0 Å². The molecule has 0 heterocycles. The minimum atomic E-state index is -0.933. The Kier molecular flexibility index (Phi) is 14.3. The smallest absolute Gasteiger partial charge is 0.320 e. The molecular formula is C27H35N3O4. The van der Waals surface area contributed by atoms with Crippen LogP contribution in [0.3, 0.4) is 0 Å². The fraction of sp³-hybridized carbons (Fsp3) is 0.259. The molecule has 0 unspecified atom stereocenters. The molecule has 0 saturated carbocycles. The van der Waals surface area contributed by atoms with Crippen LogP contribution in [0, 0.1) is 0 Å². The number of carbonyl (C=O) groups is 2. The Morgan fingerprint density at radius 3 is 2.00 bits per heavy atom. The van der Waals surface area contributed by atoms with Crippen LogP contribution >= 0.6 is 0 Å². The van der Waals surface area contributed by atoms with Gasteiger partial charge in [0.1, 0.15) is 18.1 Å². The van der Waals surface area contributed by atoms with Gasteiger partial charge in [-0.25, -0.2) is 0 Å². The van der Waals surface area contributed by atoms with Crippen LogP contribution in [0.1, 0.15) is 35.2 Å². The summed E-state index contributed by atoms with van der Waals surface area (Å²) in [6.07, 6.45) is 3.02. The molecule has 0 aliphatic carbocycles. The molecule has 0 radical (unpaired) electrons. The quantitative estimate of drug-likeness (QED) is 0.278. The molecule has 0 aromatic heterocycles. The molecule has 7 nitrogen and oxygen atoms in total. The number of unbranched alkanes of at least 4 members (excludes halogenated alkanes) is 1. The predicted octanol–water partition coefficient (Wildman–Crippen LogP) is 3.85. The minimum absolute atomic E-state index is 0.520. The normalized spacial score (nSPS) is 10.6. The van der Waals surface area contributed by atoms with Gasteiger partial charge in [-0.15, -0.1) is 0 Å². The summed E-state index contributed by atoms with van der Waals surface area (Å²) in [5, 5.41) is 8.33. The molecule has 0 bridgehead atoms. The van der Waals surface area contributed by atoms with Gasteiger partial charge in [0, 0.05) is 17.7 Å². The van der Waals surface area contributed by atoms with Gasteiger partial charge in [-0.1, -0.05) is 79.2 Å². The van der Waals surface area contributed by atoms with Gasteiger partial charge in [-0.05, 0) is 36.6 Å². The zero-order valence-corrected chi connectivity index (χ0v) is 19.6. The third-order valence-corrected chi connectivity index (χ3v) is 4.85. The monoisotopic (exact) mass is 465 g/mol. The average Bonchev–Trinajstić information content (AvgIpc) is 2.90. The molecule has 0 saturated heterocycles. The molecule has 34 heavy (non-hydrogen) atoms. The lowest BCUT2D eigenvalue weighted by atomic mass is 10.0. The molecule has 7 N–H and O–H groups in total. The Morgan fingerprint density at radius 2 is 1.50 bits per heavy atom. The Bertz CT molecular complexity index is 940. The highest BCUT2D eigenvalue weighted by Crippen LogP contribution is 2.18. The van der Waals surface area contributed by atoms with E-state index < -0.39 is 12.0 Å². The number of carboxylic acid groups (broad SMARTS) is 1. The lowest BCUT2D eigenvalue weighted by Gasteiger charge is -2.03. The summed E-state index contributed by atoms with van der Waals surface area (Å²) in [4.78, 5) is 20.6. The van der Waals surface area contributed by atoms with E-state index in [1.165, 1.54) is 5.56 Å². The summed E-state index contributed by atoms with van der Waals surface area (Å²) in [5.41, 5.74) is 19.9. The fourth-order valence-electron chi connectivity index (χ4n) is 2.89. The highest BCUT2D eigenvalue weighted by atomic mass is 16.5. The zero-order valence-electron chi connectivity index (χ0n) is 19.6. The predicted molar refractivity (Wildman–Crippen MR) is 137 cm³/mol. The summed E-state index contributed by atoms with van der Waals surface area (Å²) < 4.78 is 5.06. The number of carboxylic acids is 1. The number of carbonyl (C=O) groups excluding carboxylic acids is 1. The number of aliphatic carboxylic acids is 1. The molecular weight excluding hydrogens is 430 g/mol. The summed E-state index contributed by atoms with van der Waals surface area (Å²) in [5.74, 6) is -0.0676. The Hall–Kier alpha value is -3.52. The van der Waals surface area contributed by atoms with E-state index in [1.807, 2.05) is 66.7 Å². The van der Waals surface area contributed by atoms with E-state index in [9.17, 15) is 9.59 Å². The maximum absolute atomic E-state index is 10.5. The van der Waals surface area contributed by atoms with E-state index in [2.05, 4.69) is 12.1 Å². The second-order valence-corrected chi connectivity index (χ2v) is 7.35. The SMILES string of the molecule is COc1ccccc1CN.NCCCC[C@@H](N)C(=O)O.O=Cc1ccc(-c2ccccc2)cc1. The summed E-state index contributed by atoms with van der Waals surface area (Å²) >= 11 is 0. The third-order valence-electron chi connectivity index (χ3n) is 4.85. The van der Waals surface area contributed by atoms with Crippen molar-refractivity contribution in [2.75, 3.05) is 13.7 Å². The van der Waals surface area contributed by atoms with Gasteiger partial charge >= 0.3 is 5.97 Å². The fourth-order valence-corrected chi connectivity index (χ4v) is 2.89. The Morgan fingerprint density at radius 1 is 0.912 bits per heavy atom. The lowest BCUT2D eigenvalue weighted by Crippen LogP contribution is -2.29. The van der Waals surface area contributed by atoms with Crippen LogP contribution in [0.2, 0.25) is 0 Å². The van der Waals surface area contributed by atoms with Gasteiger partial charge in [-0.3, -0.25) is 9.59 Å². The number of methoxy groups -OCH3 is 1. The minimum Gasteiger partial charge on any atom is -0.496 e. The van der Waals surface area contributed by atoms with Crippen LogP contribution < -0.4 is 21.9 Å². The Balaban J connectivity index is 0.000000262. The number of hydrogen-bond donors (Lipinski definition) is 4. The molecule has 0 spiro atoms. The molecule has 0 aliphatic rings. The number of aldehydes is 1. The number of benzene rings is 3. The highest BCUT2D eigenvalue weighted by Gasteiger charge is 2.09. The molecule has 3 aromatic rings. The molecule has 0 aliphatic heterocycles. The molecule has 7 heteroatoms. The van der Waals surface area contributed by atoms with Gasteiger partial charge < -0.3 is 27.0 Å². The van der Waals surface area contributed by atoms with Crippen molar-refractivity contribution in [2.24, 2.45) is 17.2 Å². The number of para-hydroxylation sites is 1. The van der Waals surface area contributed by atoms with Crippen LogP contribution in [0.5, 0.6) is 5.75 Å². The molecule has 3 aromatic carbocycles. The summed E-state index contributed by atoms with van der Waals surface area (Å²) in [6, 6.07) is 24.7. The first-order valence-corrected chi connectivity index (χ1v) is 11.1. The van der Waals surface area contributed by atoms with Crippen molar-refractivity contribution in [3.8, 4) is 16.9 Å². The third kappa shape index (κ3) is 10.9. The van der Waals surface area contributed by atoms with Crippen LogP contribution in [0.25, 0.3) is 11.1 Å². The van der Waals surface area contributed by atoms with Gasteiger partial charge in [0.2, 0.25) is 0 Å². The zero-order chi connectivity index (χ0) is 25.2. The Labute approximate surface area is 201 Å². The molecule has 3 rings (SSSR count). The number of hydrogen-bond acceptors (Lipinski definition) is 6. The van der Waals surface area contributed by atoms with Crippen molar-refractivity contribution in [3.05, 3.63) is 90.0 Å². The van der Waals surface area contributed by atoms with Gasteiger partial charge in [0.25, 0.3) is 0 Å². The van der Waals surface area contributed by atoms with Crippen molar-refractivity contribution >= 4 is 12.3 Å². The van der Waals surface area contributed by atoms with E-state index >= 15 is 0 Å². The summed E-state index contributed by atoms with van der Waals surface area (Å²) in [7, 11) is 1.65. The first kappa shape index (κ1) is 28.5. The van der Waals surface area contributed by atoms with E-state index in [4.69, 9.17) is 27.0 Å². The van der Waals surface area contributed by atoms with Crippen molar-refractivity contribution in [2.45, 2.75) is 31.8 Å². The molecule has 182 valence electrons. The highest BCUT2D eigenvalue weighted by molar-refractivity contribution is 5.76. The van der Waals surface area contributed by atoms with Crippen LogP contribution in [0.4, 0.5) is 0 Å². The molecule has 0 amide bonds. The molecule has 1 atom stereocenters. The largest absolute Gasteiger partial charge is 0.496 e. The number of ether oxygens (including phenoxy) is 1. The first-order valence-electron chi connectivity index (χ1n) is 11.1. The van der Waals surface area contributed by atoms with Crippen molar-refractivity contribution in [1.82, 2.24) is 0 Å². The number of nitrogens with two attached hydrogens (primary N) is 3. The van der Waals surface area contributed by atoms with Crippen LogP contribution in [-0.2, 0) is 11.3 Å².